The van der Waals surface area contributed by atoms with E-state index in [9.17, 15) is 0 Å². The monoisotopic (exact) mass is 273 g/mol. The maximum absolute atomic E-state index is 4.15. The van der Waals surface area contributed by atoms with Gasteiger partial charge in [0.15, 0.2) is 0 Å². The number of benzene rings is 2. The molecule has 1 heterocycles. The lowest BCUT2D eigenvalue weighted by atomic mass is 10.2. The first kappa shape index (κ1) is 12.8. The van der Waals surface area contributed by atoms with E-state index in [2.05, 4.69) is 32.4 Å². The fourth-order valence-electron chi connectivity index (χ4n) is 1.68. The molecule has 100 valence electrons. The molecule has 21 heavy (non-hydrogen) atoms. The molecule has 2 aromatic carbocycles. The van der Waals surface area contributed by atoms with E-state index >= 15 is 0 Å². The van der Waals surface area contributed by atoms with Crippen molar-refractivity contribution in [3.63, 3.8) is 0 Å². The van der Waals surface area contributed by atoms with Gasteiger partial charge in [-0.3, -0.25) is 0 Å². The molecule has 3 rings (SSSR count). The molecule has 0 saturated carbocycles. The summed E-state index contributed by atoms with van der Waals surface area (Å²) in [5, 5.41) is 15.9. The van der Waals surface area contributed by atoms with Gasteiger partial charge in [-0.1, -0.05) is 54.5 Å². The van der Waals surface area contributed by atoms with E-state index in [1.54, 1.807) is 0 Å². The zero-order valence-corrected chi connectivity index (χ0v) is 11.1. The van der Waals surface area contributed by atoms with Crippen LogP contribution in [-0.4, -0.2) is 26.5 Å². The Bertz CT molecular complexity index is 795. The van der Waals surface area contributed by atoms with E-state index in [1.165, 1.54) is 6.21 Å². The van der Waals surface area contributed by atoms with Gasteiger partial charge in [0, 0.05) is 11.1 Å². The van der Waals surface area contributed by atoms with Gasteiger partial charge < -0.3 is 0 Å². The fourth-order valence-corrected chi connectivity index (χ4v) is 1.68. The van der Waals surface area contributed by atoms with Crippen molar-refractivity contribution < 1.29 is 0 Å². The molecular weight excluding hydrogens is 262 g/mol. The Hall–Kier alpha value is -3.26. The average Bonchev–Trinajstić information content (AvgIpc) is 3.02. The lowest BCUT2D eigenvalue weighted by Crippen LogP contribution is -1.93. The number of nitrogens with zero attached hydrogens (tertiary/aromatic N) is 5. The van der Waals surface area contributed by atoms with Gasteiger partial charge in [0.1, 0.15) is 6.21 Å². The summed E-state index contributed by atoms with van der Waals surface area (Å²) >= 11 is 0. The number of hydrogen-bond donors (Lipinski definition) is 0. The summed E-state index contributed by atoms with van der Waals surface area (Å²) in [4.78, 5) is 1.15. The minimum absolute atomic E-state index is 0.531. The van der Waals surface area contributed by atoms with Crippen molar-refractivity contribution in [3.05, 3.63) is 66.2 Å². The second-order valence-corrected chi connectivity index (χ2v) is 4.13. The Morgan fingerprint density at radius 3 is 2.43 bits per heavy atom. The van der Waals surface area contributed by atoms with Crippen molar-refractivity contribution in [1.29, 1.82) is 0 Å². The highest BCUT2D eigenvalue weighted by molar-refractivity contribution is 5.79. The third-order valence-electron chi connectivity index (χ3n) is 2.65. The van der Waals surface area contributed by atoms with E-state index in [4.69, 9.17) is 0 Å². The molecule has 0 radical (unpaired) electrons. The first-order valence-corrected chi connectivity index (χ1v) is 6.37. The molecule has 5 nitrogen and oxygen atoms in total. The Morgan fingerprint density at radius 2 is 1.67 bits per heavy atom. The Morgan fingerprint density at radius 1 is 0.952 bits per heavy atom. The summed E-state index contributed by atoms with van der Waals surface area (Å²) in [6.45, 7) is 0. The van der Waals surface area contributed by atoms with E-state index < -0.39 is 0 Å². The molecule has 0 saturated heterocycles. The summed E-state index contributed by atoms with van der Waals surface area (Å²) in [5.74, 6) is 6.32. The molecule has 0 amide bonds. The maximum Gasteiger partial charge on any atom is 0.207 e. The first-order valence-electron chi connectivity index (χ1n) is 6.37. The second-order valence-electron chi connectivity index (χ2n) is 4.13. The van der Waals surface area contributed by atoms with Crippen LogP contribution in [0.1, 0.15) is 5.56 Å². The molecule has 0 atom stereocenters. The largest absolute Gasteiger partial charge is 0.207 e. The van der Waals surface area contributed by atoms with Crippen LogP contribution in [0.5, 0.6) is 0 Å². The van der Waals surface area contributed by atoms with Crippen LogP contribution in [0.15, 0.2) is 65.8 Å². The van der Waals surface area contributed by atoms with Crippen LogP contribution in [0.4, 0.5) is 0 Å². The lowest BCUT2D eigenvalue weighted by molar-refractivity contribution is 0.614. The molecule has 0 N–H and O–H groups in total. The second kappa shape index (κ2) is 6.26. The van der Waals surface area contributed by atoms with Gasteiger partial charge in [-0.15, -0.1) is 15.3 Å². The van der Waals surface area contributed by atoms with Crippen LogP contribution >= 0.6 is 0 Å². The van der Waals surface area contributed by atoms with Crippen molar-refractivity contribution in [2.24, 2.45) is 5.10 Å². The number of aromatic nitrogens is 4. The van der Waals surface area contributed by atoms with Crippen LogP contribution in [0.3, 0.4) is 0 Å². The van der Waals surface area contributed by atoms with Gasteiger partial charge in [0.05, 0.1) is 0 Å². The van der Waals surface area contributed by atoms with Gasteiger partial charge in [-0.05, 0) is 28.2 Å². The number of hydrogen-bond acceptors (Lipinski definition) is 4. The van der Waals surface area contributed by atoms with Crippen LogP contribution in [0.25, 0.3) is 11.4 Å². The van der Waals surface area contributed by atoms with Crippen molar-refractivity contribution in [2.45, 2.75) is 0 Å². The van der Waals surface area contributed by atoms with Crippen molar-refractivity contribution in [1.82, 2.24) is 20.3 Å². The van der Waals surface area contributed by atoms with Crippen LogP contribution in [0, 0.1) is 11.8 Å². The standard InChI is InChI=1S/C16H11N5/c1-3-8-14(9-4-1)10-7-13-17-21-19-16(18-20-21)15-11-5-2-6-12-15/h1-6,8-9,11-13H/b17-13-. The van der Waals surface area contributed by atoms with E-state index in [0.717, 1.165) is 16.0 Å². The highest BCUT2D eigenvalue weighted by Gasteiger charge is 2.03. The number of rotatable bonds is 2. The van der Waals surface area contributed by atoms with Crippen LogP contribution < -0.4 is 0 Å². The van der Waals surface area contributed by atoms with Gasteiger partial charge in [0.2, 0.25) is 5.82 Å². The van der Waals surface area contributed by atoms with E-state index in [-0.39, 0.29) is 0 Å². The predicted octanol–water partition coefficient (Wildman–Crippen LogP) is 2.23. The molecule has 0 aliphatic rings. The van der Waals surface area contributed by atoms with Gasteiger partial charge in [0.25, 0.3) is 0 Å². The molecule has 3 aromatic rings. The van der Waals surface area contributed by atoms with Crippen molar-refractivity contribution in [2.75, 3.05) is 0 Å². The average molecular weight is 273 g/mol. The molecule has 0 unspecified atom stereocenters. The van der Waals surface area contributed by atoms with E-state index in [1.807, 2.05) is 60.7 Å². The van der Waals surface area contributed by atoms with Crippen molar-refractivity contribution >= 4 is 6.21 Å². The zero-order chi connectivity index (χ0) is 14.3. The van der Waals surface area contributed by atoms with Crippen LogP contribution in [-0.2, 0) is 0 Å². The third-order valence-corrected chi connectivity index (χ3v) is 2.65. The van der Waals surface area contributed by atoms with Gasteiger partial charge in [-0.2, -0.15) is 0 Å². The molecule has 0 bridgehead atoms. The SMILES string of the molecule is C(#Cc1ccccc1)/C=N\n1nnc(-c2ccccc2)n1. The smallest absolute Gasteiger partial charge is 0.129 e. The van der Waals surface area contributed by atoms with Crippen LogP contribution in [0.2, 0.25) is 0 Å². The minimum Gasteiger partial charge on any atom is -0.129 e. The maximum atomic E-state index is 4.15. The molecule has 1 aromatic heterocycles. The molecule has 0 fully saturated rings. The normalized spacial score (nSPS) is 10.3. The topological polar surface area (TPSA) is 56.0 Å². The van der Waals surface area contributed by atoms with Gasteiger partial charge >= 0.3 is 0 Å². The summed E-state index contributed by atoms with van der Waals surface area (Å²) in [6.07, 6.45) is 1.45. The Labute approximate surface area is 121 Å². The highest BCUT2D eigenvalue weighted by Crippen LogP contribution is 2.11. The lowest BCUT2D eigenvalue weighted by Gasteiger charge is -1.90. The molecule has 5 heteroatoms. The number of tetrazole rings is 1. The molecular formula is C16H11N5. The summed E-state index contributed by atoms with van der Waals surface area (Å²) in [6, 6.07) is 19.3. The Kier molecular flexibility index (Phi) is 3.80. The van der Waals surface area contributed by atoms with E-state index in [0.29, 0.717) is 5.82 Å². The minimum atomic E-state index is 0.531. The quantitative estimate of drug-likeness (QED) is 0.531. The molecule has 0 aliphatic heterocycles. The summed E-state index contributed by atoms with van der Waals surface area (Å²) < 4.78 is 0. The first-order chi connectivity index (χ1) is 10.4. The van der Waals surface area contributed by atoms with Gasteiger partial charge in [-0.25, -0.2) is 0 Å². The summed E-state index contributed by atoms with van der Waals surface area (Å²) in [5.41, 5.74) is 1.83. The van der Waals surface area contributed by atoms with Crippen molar-refractivity contribution in [3.8, 4) is 23.2 Å². The fraction of sp³-hybridized carbons (Fsp3) is 0. The molecule has 0 aliphatic carbocycles. The zero-order valence-electron chi connectivity index (χ0n) is 11.1. The summed E-state index contributed by atoms with van der Waals surface area (Å²) in [7, 11) is 0. The third kappa shape index (κ3) is 3.39. The molecule has 0 spiro atoms. The predicted molar refractivity (Wildman–Crippen MR) is 80.5 cm³/mol. The highest BCUT2D eigenvalue weighted by atomic mass is 15.7. The Balaban J connectivity index is 1.71.